The van der Waals surface area contributed by atoms with Gasteiger partial charge in [-0.25, -0.2) is 4.79 Å². The summed E-state index contributed by atoms with van der Waals surface area (Å²) in [6.45, 7) is 4.27. The molecule has 1 aliphatic heterocycles. The van der Waals surface area contributed by atoms with Gasteiger partial charge in [0, 0.05) is 24.5 Å². The molecule has 3 aromatic rings. The maximum Gasteiger partial charge on any atom is 0.312 e. The Morgan fingerprint density at radius 2 is 1.82 bits per heavy atom. The number of urea groups is 1. The van der Waals surface area contributed by atoms with Crippen LogP contribution < -0.4 is 26.8 Å². The van der Waals surface area contributed by atoms with E-state index in [4.69, 9.17) is 16.2 Å². The lowest BCUT2D eigenvalue weighted by atomic mass is 9.98. The first-order valence-corrected chi connectivity index (χ1v) is 13.4. The number of nitrogens with one attached hydrogen (secondary N) is 2. The molecule has 4 rings (SSSR count). The molecular formula is C29H33N5O4S. The van der Waals surface area contributed by atoms with Crippen LogP contribution in [0.4, 0.5) is 4.79 Å². The van der Waals surface area contributed by atoms with Gasteiger partial charge in [-0.15, -0.1) is 0 Å². The van der Waals surface area contributed by atoms with Crippen LogP contribution >= 0.6 is 11.8 Å². The molecule has 204 valence electrons. The number of benzene rings is 3. The van der Waals surface area contributed by atoms with Crippen LogP contribution in [-0.4, -0.2) is 40.8 Å². The predicted molar refractivity (Wildman–Crippen MR) is 152 cm³/mol. The van der Waals surface area contributed by atoms with Gasteiger partial charge in [0.05, 0.1) is 12.6 Å². The number of methoxy groups -OCH3 is 1. The van der Waals surface area contributed by atoms with Gasteiger partial charge in [-0.1, -0.05) is 66.4 Å². The molecule has 0 unspecified atom stereocenters. The predicted octanol–water partition coefficient (Wildman–Crippen LogP) is 3.34. The molecule has 6 N–H and O–H groups in total. The van der Waals surface area contributed by atoms with E-state index in [2.05, 4.69) is 10.6 Å². The summed E-state index contributed by atoms with van der Waals surface area (Å²) in [6.07, 6.45) is 0. The molecule has 4 amide bonds. The van der Waals surface area contributed by atoms with Crippen LogP contribution in [0.1, 0.15) is 30.5 Å². The fraction of sp³-hybridized carbons (Fsp3) is 0.276. The average Bonchev–Trinajstić information content (AvgIpc) is 3.03. The largest absolute Gasteiger partial charge is 0.497 e. The van der Waals surface area contributed by atoms with Crippen molar-refractivity contribution in [2.24, 2.45) is 11.5 Å². The normalized spacial score (nSPS) is 15.2. The smallest absolute Gasteiger partial charge is 0.312 e. The Hall–Kier alpha value is -4.02. The summed E-state index contributed by atoms with van der Waals surface area (Å²) in [6, 6.07) is 20.8. The van der Waals surface area contributed by atoms with Crippen LogP contribution in [0.2, 0.25) is 0 Å². The summed E-state index contributed by atoms with van der Waals surface area (Å²) in [5.74, 6) is 0.0569. The van der Waals surface area contributed by atoms with E-state index in [1.54, 1.807) is 25.9 Å². The fourth-order valence-corrected chi connectivity index (χ4v) is 5.35. The zero-order chi connectivity index (χ0) is 28.2. The zero-order valence-electron chi connectivity index (χ0n) is 22.2. The Morgan fingerprint density at radius 3 is 2.49 bits per heavy atom. The maximum absolute atomic E-state index is 13.7. The van der Waals surface area contributed by atoms with Gasteiger partial charge in [-0.05, 0) is 53.8 Å². The van der Waals surface area contributed by atoms with Gasteiger partial charge in [-0.3, -0.25) is 9.59 Å². The van der Waals surface area contributed by atoms with Crippen LogP contribution in [-0.2, 0) is 29.2 Å². The third-order valence-corrected chi connectivity index (χ3v) is 7.56. The van der Waals surface area contributed by atoms with Gasteiger partial charge in [0.2, 0.25) is 5.91 Å². The Balaban J connectivity index is 1.59. The number of carbonyl (C=O) groups is 3. The number of hydrogen-bond acceptors (Lipinski definition) is 6. The van der Waals surface area contributed by atoms with E-state index in [9.17, 15) is 14.4 Å². The number of amides is 4. The summed E-state index contributed by atoms with van der Waals surface area (Å²) in [4.78, 5) is 40.2. The molecule has 39 heavy (non-hydrogen) atoms. The molecule has 0 saturated carbocycles. The van der Waals surface area contributed by atoms with Crippen molar-refractivity contribution in [3.8, 4) is 16.9 Å². The molecule has 1 heterocycles. The second-order valence-corrected chi connectivity index (χ2v) is 11.1. The summed E-state index contributed by atoms with van der Waals surface area (Å²) in [5.41, 5.74) is 14.9. The third-order valence-electron chi connectivity index (χ3n) is 6.37. The summed E-state index contributed by atoms with van der Waals surface area (Å²) < 4.78 is 5.38. The number of ether oxygens (including phenoxy) is 1. The topological polar surface area (TPSA) is 140 Å². The highest BCUT2D eigenvalue weighted by molar-refractivity contribution is 8.00. The van der Waals surface area contributed by atoms with Gasteiger partial charge >= 0.3 is 6.03 Å². The molecule has 1 atom stereocenters. The molecule has 0 spiro atoms. The number of rotatable bonds is 8. The second kappa shape index (κ2) is 11.8. The Morgan fingerprint density at radius 1 is 1.10 bits per heavy atom. The third kappa shape index (κ3) is 6.90. The van der Waals surface area contributed by atoms with E-state index < -0.39 is 22.9 Å². The van der Waals surface area contributed by atoms with Gasteiger partial charge in [-0.2, -0.15) is 0 Å². The molecule has 3 aromatic carbocycles. The van der Waals surface area contributed by atoms with Crippen LogP contribution in [0.3, 0.4) is 0 Å². The van der Waals surface area contributed by atoms with Crippen molar-refractivity contribution in [3.63, 3.8) is 0 Å². The summed E-state index contributed by atoms with van der Waals surface area (Å²) in [7, 11) is 1.59. The monoisotopic (exact) mass is 547 g/mol. The second-order valence-electron chi connectivity index (χ2n) is 9.93. The zero-order valence-corrected chi connectivity index (χ0v) is 23.0. The molecule has 9 nitrogen and oxygen atoms in total. The van der Waals surface area contributed by atoms with E-state index in [0.717, 1.165) is 32.7 Å². The van der Waals surface area contributed by atoms with E-state index in [0.29, 0.717) is 25.4 Å². The number of fused-ring (bicyclic) bond motifs is 1. The number of thioether (sulfide) groups is 1. The van der Waals surface area contributed by atoms with Crippen molar-refractivity contribution in [3.05, 3.63) is 83.4 Å². The Kier molecular flexibility index (Phi) is 8.47. The first-order valence-electron chi connectivity index (χ1n) is 12.5. The van der Waals surface area contributed by atoms with E-state index >= 15 is 0 Å². The Labute approximate surface area is 232 Å². The molecule has 1 aliphatic rings. The molecule has 0 fully saturated rings. The number of nitrogens with zero attached hydrogens (tertiary/aromatic N) is 1. The van der Waals surface area contributed by atoms with Crippen molar-refractivity contribution in [2.45, 2.75) is 49.3 Å². The number of primary amides is 1. The van der Waals surface area contributed by atoms with Crippen molar-refractivity contribution >= 4 is 29.6 Å². The quantitative estimate of drug-likeness (QED) is 0.341. The number of nitrogens with two attached hydrogens (primary N) is 2. The minimum absolute atomic E-state index is 0.209. The molecule has 10 heteroatoms. The highest BCUT2D eigenvalue weighted by atomic mass is 32.2. The first kappa shape index (κ1) is 28.0. The van der Waals surface area contributed by atoms with Gasteiger partial charge in [0.25, 0.3) is 5.91 Å². The van der Waals surface area contributed by atoms with Crippen LogP contribution in [0, 0.1) is 0 Å². The lowest BCUT2D eigenvalue weighted by Crippen LogP contribution is -2.54. The minimum Gasteiger partial charge on any atom is -0.497 e. The van der Waals surface area contributed by atoms with E-state index in [1.807, 2.05) is 66.7 Å². The highest BCUT2D eigenvalue weighted by Gasteiger charge is 2.34. The number of carbonyl (C=O) groups excluding carboxylic acids is 3. The lowest BCUT2D eigenvalue weighted by Gasteiger charge is -2.27. The summed E-state index contributed by atoms with van der Waals surface area (Å²) in [5, 5.41) is 4.63. The molecule has 0 aromatic heterocycles. The van der Waals surface area contributed by atoms with Crippen molar-refractivity contribution in [1.82, 2.24) is 15.5 Å². The SMILES string of the molecule is COc1ccc2c(c1)S[C@@H](NC(=O)C(C)(C)N)C(=O)N(Cc1ccc(-c3ccccc3CNC(N)=O)cc1)C2. The molecule has 0 radical (unpaired) electrons. The molecular weight excluding hydrogens is 514 g/mol. The molecule has 0 saturated heterocycles. The first-order chi connectivity index (χ1) is 18.5. The van der Waals surface area contributed by atoms with Crippen LogP contribution in [0.5, 0.6) is 5.75 Å². The average molecular weight is 548 g/mol. The standard InChI is InChI=1S/C29H33N5O4S/c1-29(2,31)27(36)33-25-26(35)34(17-21-12-13-22(38-3)14-24(21)39-25)16-18-8-10-19(11-9-18)23-7-5-4-6-20(23)15-32-28(30)37/h4-14,25H,15-17,31H2,1-3H3,(H,33,36)(H3,30,32,37)/t25-/m1/s1. The molecule has 0 aliphatic carbocycles. The molecule has 0 bridgehead atoms. The number of hydrogen-bond donors (Lipinski definition) is 4. The van der Waals surface area contributed by atoms with Crippen molar-refractivity contribution in [2.75, 3.05) is 7.11 Å². The van der Waals surface area contributed by atoms with Gasteiger partial charge in [0.15, 0.2) is 5.37 Å². The fourth-order valence-electron chi connectivity index (χ4n) is 4.21. The van der Waals surface area contributed by atoms with Crippen LogP contribution in [0.25, 0.3) is 11.1 Å². The van der Waals surface area contributed by atoms with E-state index in [-0.39, 0.29) is 5.91 Å². The highest BCUT2D eigenvalue weighted by Crippen LogP contribution is 2.35. The van der Waals surface area contributed by atoms with Crippen LogP contribution in [0.15, 0.2) is 71.6 Å². The van der Waals surface area contributed by atoms with E-state index in [1.165, 1.54) is 11.8 Å². The van der Waals surface area contributed by atoms with Gasteiger partial charge in [0.1, 0.15) is 5.75 Å². The maximum atomic E-state index is 13.7. The lowest BCUT2D eigenvalue weighted by molar-refractivity contribution is -0.135. The minimum atomic E-state index is -1.13. The van der Waals surface area contributed by atoms with Crippen molar-refractivity contribution in [1.29, 1.82) is 0 Å². The Bertz CT molecular complexity index is 1370. The van der Waals surface area contributed by atoms with Gasteiger partial charge < -0.3 is 31.7 Å². The summed E-state index contributed by atoms with van der Waals surface area (Å²) >= 11 is 1.28. The van der Waals surface area contributed by atoms with Crippen molar-refractivity contribution < 1.29 is 19.1 Å².